The molecule has 0 aromatic rings. The summed E-state index contributed by atoms with van der Waals surface area (Å²) in [5, 5.41) is 0. The Morgan fingerprint density at radius 1 is 1.27 bits per heavy atom. The summed E-state index contributed by atoms with van der Waals surface area (Å²) < 4.78 is 5.05. The molecule has 86 valence electrons. The maximum Gasteiger partial charge on any atom is 1.00 e. The Kier molecular flexibility index (Phi) is 16.2. The summed E-state index contributed by atoms with van der Waals surface area (Å²) in [6.45, 7) is 7.11. The minimum absolute atomic E-state index is 0. The van der Waals surface area contributed by atoms with E-state index in [4.69, 9.17) is 4.74 Å². The number of ether oxygens (including phenoxy) is 1. The van der Waals surface area contributed by atoms with Gasteiger partial charge in [0.05, 0.1) is 6.61 Å². The van der Waals surface area contributed by atoms with Crippen LogP contribution in [-0.2, 0) is 9.53 Å². The minimum atomic E-state index is -0.0257. The van der Waals surface area contributed by atoms with Crippen molar-refractivity contribution in [2.75, 3.05) is 6.61 Å². The van der Waals surface area contributed by atoms with E-state index >= 15 is 0 Å². The third kappa shape index (κ3) is 15.1. The molecule has 0 aromatic carbocycles. The van der Waals surface area contributed by atoms with E-state index in [1.807, 2.05) is 0 Å². The molecule has 0 bridgehead atoms. The van der Waals surface area contributed by atoms with E-state index in [2.05, 4.69) is 20.8 Å². The van der Waals surface area contributed by atoms with Crippen LogP contribution in [0.1, 0.15) is 60.7 Å². The molecule has 0 fully saturated rings. The van der Waals surface area contributed by atoms with Gasteiger partial charge >= 0.3 is 57.4 Å². The predicted octanol–water partition coefficient (Wildman–Crippen LogP) is 0.663. The maximum atomic E-state index is 11.1. The van der Waals surface area contributed by atoms with E-state index in [0.29, 0.717) is 13.0 Å². The van der Waals surface area contributed by atoms with Crippen molar-refractivity contribution in [2.24, 2.45) is 5.92 Å². The number of carbonyl (C=O) groups excluding carboxylic acids is 1. The quantitative estimate of drug-likeness (QED) is 0.354. The zero-order chi connectivity index (χ0) is 10.8. The van der Waals surface area contributed by atoms with Gasteiger partial charge in [0.1, 0.15) is 0 Å². The van der Waals surface area contributed by atoms with Crippen LogP contribution in [-0.4, -0.2) is 12.6 Å². The van der Waals surface area contributed by atoms with Crippen molar-refractivity contribution >= 4 is 5.97 Å². The monoisotopic (exact) mass is 240 g/mol. The van der Waals surface area contributed by atoms with E-state index in [1.54, 1.807) is 0 Å². The third-order valence-corrected chi connectivity index (χ3v) is 2.17. The second-order valence-corrected chi connectivity index (χ2v) is 4.21. The van der Waals surface area contributed by atoms with Gasteiger partial charge in [-0.3, -0.25) is 4.79 Å². The molecule has 0 saturated heterocycles. The first-order valence-electron chi connectivity index (χ1n) is 5.82. The van der Waals surface area contributed by atoms with Gasteiger partial charge in [-0.1, -0.05) is 40.0 Å². The van der Waals surface area contributed by atoms with Crippen LogP contribution in [0.25, 0.3) is 0 Å². The summed E-state index contributed by atoms with van der Waals surface area (Å²) in [5.74, 6) is 0.716. The molecule has 0 heterocycles. The van der Waals surface area contributed by atoms with Gasteiger partial charge in [-0.2, -0.15) is 0 Å². The van der Waals surface area contributed by atoms with Gasteiger partial charge in [-0.15, -0.1) is 0 Å². The second-order valence-electron chi connectivity index (χ2n) is 4.21. The van der Waals surface area contributed by atoms with Crippen molar-refractivity contribution in [1.29, 1.82) is 0 Å². The largest absolute Gasteiger partial charge is 1.00 e. The smallest absolute Gasteiger partial charge is 1.00 e. The van der Waals surface area contributed by atoms with Gasteiger partial charge < -0.3 is 6.16 Å². The van der Waals surface area contributed by atoms with Crippen molar-refractivity contribution in [3.63, 3.8) is 0 Å². The summed E-state index contributed by atoms with van der Waals surface area (Å²) in [6.07, 6.45) is 5.99. The van der Waals surface area contributed by atoms with Crippen LogP contribution in [0, 0.1) is 5.92 Å². The van der Waals surface area contributed by atoms with Gasteiger partial charge in [-0.05, 0) is 18.8 Å². The van der Waals surface area contributed by atoms with Crippen LogP contribution in [0.4, 0.5) is 0 Å². The Morgan fingerprint density at radius 2 is 1.93 bits per heavy atom. The van der Waals surface area contributed by atoms with E-state index in [-0.39, 0.29) is 58.8 Å². The van der Waals surface area contributed by atoms with Gasteiger partial charge in [0, 0.05) is 6.42 Å². The summed E-state index contributed by atoms with van der Waals surface area (Å²) >= 11 is 0. The molecular formula is C12H25KO2. The number of hydrogen-bond donors (Lipinski definition) is 0. The normalized spacial score (nSPS) is 9.87. The molecule has 0 aliphatic rings. The van der Waals surface area contributed by atoms with Crippen molar-refractivity contribution < 1.29 is 62.3 Å². The average Bonchev–Trinajstić information content (AvgIpc) is 2.13. The first-order valence-corrected chi connectivity index (χ1v) is 5.82. The van der Waals surface area contributed by atoms with Crippen molar-refractivity contribution in [3.8, 4) is 0 Å². The van der Waals surface area contributed by atoms with Crippen LogP contribution in [0.3, 0.4) is 0 Å². The Balaban J connectivity index is -0.000000845. The molecular weight excluding hydrogens is 215 g/mol. The summed E-state index contributed by atoms with van der Waals surface area (Å²) in [7, 11) is 0. The maximum absolute atomic E-state index is 11.1. The zero-order valence-corrected chi connectivity index (χ0v) is 14.0. The summed E-state index contributed by atoms with van der Waals surface area (Å²) in [4.78, 5) is 11.1. The molecule has 0 N–H and O–H groups in total. The first kappa shape index (κ1) is 18.5. The molecule has 0 rings (SSSR count). The van der Waals surface area contributed by atoms with Gasteiger partial charge in [0.15, 0.2) is 0 Å². The third-order valence-electron chi connectivity index (χ3n) is 2.17. The van der Waals surface area contributed by atoms with Crippen LogP contribution in [0.15, 0.2) is 0 Å². The van der Waals surface area contributed by atoms with Crippen LogP contribution >= 0.6 is 0 Å². The molecule has 0 saturated carbocycles. The summed E-state index contributed by atoms with van der Waals surface area (Å²) in [6, 6.07) is 0. The van der Waals surface area contributed by atoms with Crippen molar-refractivity contribution in [1.82, 2.24) is 0 Å². The molecule has 0 atom stereocenters. The Labute approximate surface area is 138 Å². The number of carbonyl (C=O) groups is 1. The number of hydrogen-bond acceptors (Lipinski definition) is 2. The molecule has 0 aromatic heterocycles. The molecule has 0 amide bonds. The van der Waals surface area contributed by atoms with Crippen LogP contribution < -0.4 is 51.4 Å². The molecule has 0 unspecified atom stereocenters. The molecule has 2 nitrogen and oxygen atoms in total. The fourth-order valence-electron chi connectivity index (χ4n) is 1.22. The molecule has 15 heavy (non-hydrogen) atoms. The molecule has 0 spiro atoms. The van der Waals surface area contributed by atoms with Gasteiger partial charge in [0.2, 0.25) is 0 Å². The van der Waals surface area contributed by atoms with Gasteiger partial charge in [-0.25, -0.2) is 0 Å². The molecule has 0 radical (unpaired) electrons. The van der Waals surface area contributed by atoms with Crippen molar-refractivity contribution in [2.45, 2.75) is 59.3 Å². The van der Waals surface area contributed by atoms with Crippen LogP contribution in [0.5, 0.6) is 0 Å². The Bertz CT molecular complexity index is 152. The molecule has 0 aliphatic heterocycles. The fourth-order valence-corrected chi connectivity index (χ4v) is 1.22. The van der Waals surface area contributed by atoms with E-state index in [1.165, 1.54) is 6.42 Å². The predicted molar refractivity (Wildman–Crippen MR) is 60.3 cm³/mol. The molecule has 0 aliphatic carbocycles. The summed E-state index contributed by atoms with van der Waals surface area (Å²) in [5.41, 5.74) is 0. The number of unbranched alkanes of at least 4 members (excludes halogenated alkanes) is 2. The standard InChI is InChI=1S/C12H24O2.K.H/c1-4-5-10-14-12(13)9-7-6-8-11(2)3;;/h11H,4-10H2,1-3H3;;/q;+1;-1. The zero-order valence-electron chi connectivity index (χ0n) is 11.8. The first-order chi connectivity index (χ1) is 6.66. The Hall–Kier alpha value is 1.11. The van der Waals surface area contributed by atoms with E-state index in [0.717, 1.165) is 31.6 Å². The van der Waals surface area contributed by atoms with Gasteiger partial charge in [0.25, 0.3) is 0 Å². The van der Waals surface area contributed by atoms with Crippen LogP contribution in [0.2, 0.25) is 0 Å². The van der Waals surface area contributed by atoms with E-state index < -0.39 is 0 Å². The topological polar surface area (TPSA) is 26.3 Å². The SMILES string of the molecule is CCCCOC(=O)CCCCC(C)C.[H-].[K+]. The average molecular weight is 240 g/mol. The fraction of sp³-hybridized carbons (Fsp3) is 0.917. The number of rotatable bonds is 8. The Morgan fingerprint density at radius 3 is 2.47 bits per heavy atom. The van der Waals surface area contributed by atoms with E-state index in [9.17, 15) is 4.79 Å². The second kappa shape index (κ2) is 13.2. The minimum Gasteiger partial charge on any atom is -1.00 e. The molecule has 3 heteroatoms. The number of esters is 1. The van der Waals surface area contributed by atoms with Crippen molar-refractivity contribution in [3.05, 3.63) is 0 Å².